The van der Waals surface area contributed by atoms with Crippen LogP contribution < -0.4 is 5.73 Å². The molecule has 2 aromatic rings. The van der Waals surface area contributed by atoms with E-state index in [-0.39, 0.29) is 6.04 Å². The first-order valence-corrected chi connectivity index (χ1v) is 5.93. The van der Waals surface area contributed by atoms with Gasteiger partial charge < -0.3 is 15.0 Å². The van der Waals surface area contributed by atoms with Gasteiger partial charge in [-0.1, -0.05) is 11.6 Å². The predicted octanol–water partition coefficient (Wildman–Crippen LogP) is 2.87. The van der Waals surface area contributed by atoms with Crippen LogP contribution in [0.25, 0.3) is 11.0 Å². The molecule has 1 aromatic heterocycles. The van der Waals surface area contributed by atoms with Crippen LogP contribution in [0.2, 0.25) is 5.02 Å². The van der Waals surface area contributed by atoms with E-state index >= 15 is 0 Å². The number of nitrogen functional groups attached to an aromatic ring is 1. The summed E-state index contributed by atoms with van der Waals surface area (Å²) in [6.45, 7) is 2.79. The number of imidazole rings is 1. The Labute approximate surface area is 105 Å². The highest BCUT2D eigenvalue weighted by molar-refractivity contribution is 6.31. The normalized spacial score (nSPS) is 13.1. The third kappa shape index (κ3) is 2.37. The minimum Gasteiger partial charge on any atom is -0.385 e. The second kappa shape index (κ2) is 4.94. The summed E-state index contributed by atoms with van der Waals surface area (Å²) in [7, 11) is 1.69. The van der Waals surface area contributed by atoms with Gasteiger partial charge in [0.25, 0.3) is 0 Å². The molecule has 0 aliphatic rings. The number of nitrogens with two attached hydrogens (primary N) is 1. The summed E-state index contributed by atoms with van der Waals surface area (Å²) in [6.07, 6.45) is 0.888. The third-order valence-corrected chi connectivity index (χ3v) is 3.09. The molecular weight excluding hydrogens is 238 g/mol. The van der Waals surface area contributed by atoms with E-state index in [1.165, 1.54) is 0 Å². The molecule has 0 aliphatic carbocycles. The number of hydrogen-bond acceptors (Lipinski definition) is 3. The molecular formula is C12H16ClN3O. The highest BCUT2D eigenvalue weighted by atomic mass is 35.5. The number of rotatable bonds is 4. The zero-order chi connectivity index (χ0) is 12.4. The number of aromatic nitrogens is 2. The number of benzene rings is 1. The quantitative estimate of drug-likeness (QED) is 0.912. The Morgan fingerprint density at radius 3 is 3.00 bits per heavy atom. The van der Waals surface area contributed by atoms with E-state index in [0.717, 1.165) is 17.5 Å². The van der Waals surface area contributed by atoms with Crippen molar-refractivity contribution in [2.24, 2.45) is 0 Å². The van der Waals surface area contributed by atoms with Crippen molar-refractivity contribution in [3.63, 3.8) is 0 Å². The van der Waals surface area contributed by atoms with E-state index < -0.39 is 0 Å². The van der Waals surface area contributed by atoms with Crippen LogP contribution in [0, 0.1) is 0 Å². The topological polar surface area (TPSA) is 53.1 Å². The van der Waals surface area contributed by atoms with Crippen LogP contribution in [0.3, 0.4) is 0 Å². The highest BCUT2D eigenvalue weighted by Gasteiger charge is 2.13. The van der Waals surface area contributed by atoms with Gasteiger partial charge in [-0.2, -0.15) is 0 Å². The van der Waals surface area contributed by atoms with Crippen LogP contribution in [-0.2, 0) is 4.74 Å². The molecule has 1 unspecified atom stereocenters. The number of anilines is 1. The first kappa shape index (κ1) is 12.2. The molecule has 1 atom stereocenters. The zero-order valence-electron chi connectivity index (χ0n) is 9.98. The maximum absolute atomic E-state index is 6.00. The van der Waals surface area contributed by atoms with Crippen molar-refractivity contribution in [2.75, 3.05) is 19.5 Å². The lowest BCUT2D eigenvalue weighted by molar-refractivity contribution is 0.182. The molecule has 0 fully saturated rings. The molecule has 0 saturated carbocycles. The fraction of sp³-hybridized carbons (Fsp3) is 0.417. The summed E-state index contributed by atoms with van der Waals surface area (Å²) < 4.78 is 7.09. The Kier molecular flexibility index (Phi) is 3.54. The Hall–Kier alpha value is -1.26. The van der Waals surface area contributed by atoms with Crippen molar-refractivity contribution in [1.82, 2.24) is 9.55 Å². The summed E-state index contributed by atoms with van der Waals surface area (Å²) in [5.41, 5.74) is 7.79. The van der Waals surface area contributed by atoms with Gasteiger partial charge >= 0.3 is 0 Å². The Balaban J connectivity index is 2.44. The van der Waals surface area contributed by atoms with E-state index in [4.69, 9.17) is 22.1 Å². The molecule has 92 valence electrons. The van der Waals surface area contributed by atoms with E-state index in [0.29, 0.717) is 17.6 Å². The van der Waals surface area contributed by atoms with Crippen LogP contribution in [0.5, 0.6) is 0 Å². The molecule has 0 bridgehead atoms. The number of nitrogens with zero attached hydrogens (tertiary/aromatic N) is 2. The van der Waals surface area contributed by atoms with E-state index in [1.807, 2.05) is 22.8 Å². The summed E-state index contributed by atoms with van der Waals surface area (Å²) in [5.74, 6) is 0.519. The fourth-order valence-electron chi connectivity index (χ4n) is 1.97. The number of fused-ring (bicyclic) bond motifs is 1. The Bertz CT molecular complexity index is 524. The number of methoxy groups -OCH3 is 1. The van der Waals surface area contributed by atoms with Gasteiger partial charge in [0, 0.05) is 24.8 Å². The van der Waals surface area contributed by atoms with Crippen LogP contribution in [0.4, 0.5) is 5.95 Å². The van der Waals surface area contributed by atoms with Gasteiger partial charge in [0.1, 0.15) is 0 Å². The molecule has 2 N–H and O–H groups in total. The molecule has 0 amide bonds. The monoisotopic (exact) mass is 253 g/mol. The standard InChI is InChI=1S/C12H16ClN3O/c1-8(5-6-17-2)16-11-7-9(13)3-4-10(11)15-12(16)14/h3-4,7-8H,5-6H2,1-2H3,(H2,14,15). The number of hydrogen-bond donors (Lipinski definition) is 1. The van der Waals surface area contributed by atoms with Gasteiger partial charge in [0.2, 0.25) is 5.95 Å². The second-order valence-corrected chi connectivity index (χ2v) is 4.54. The van der Waals surface area contributed by atoms with E-state index in [9.17, 15) is 0 Å². The van der Waals surface area contributed by atoms with Crippen LogP contribution in [-0.4, -0.2) is 23.3 Å². The zero-order valence-corrected chi connectivity index (χ0v) is 10.7. The molecule has 0 spiro atoms. The van der Waals surface area contributed by atoms with Crippen molar-refractivity contribution < 1.29 is 4.74 Å². The molecule has 1 heterocycles. The smallest absolute Gasteiger partial charge is 0.201 e. The number of halogens is 1. The number of ether oxygens (including phenoxy) is 1. The lowest BCUT2D eigenvalue weighted by Crippen LogP contribution is -2.10. The lowest BCUT2D eigenvalue weighted by atomic mass is 10.2. The van der Waals surface area contributed by atoms with Gasteiger partial charge in [-0.25, -0.2) is 4.98 Å². The van der Waals surface area contributed by atoms with Gasteiger partial charge in [-0.3, -0.25) is 0 Å². The van der Waals surface area contributed by atoms with Crippen molar-refractivity contribution in [1.29, 1.82) is 0 Å². The third-order valence-electron chi connectivity index (χ3n) is 2.86. The average Bonchev–Trinajstić information content (AvgIpc) is 2.61. The van der Waals surface area contributed by atoms with E-state index in [1.54, 1.807) is 7.11 Å². The summed E-state index contributed by atoms with van der Waals surface area (Å²) >= 11 is 6.00. The maximum Gasteiger partial charge on any atom is 0.201 e. The maximum atomic E-state index is 6.00. The van der Waals surface area contributed by atoms with Crippen molar-refractivity contribution in [3.05, 3.63) is 23.2 Å². The molecule has 4 nitrogen and oxygen atoms in total. The lowest BCUT2D eigenvalue weighted by Gasteiger charge is -2.15. The summed E-state index contributed by atoms with van der Waals surface area (Å²) in [6, 6.07) is 5.83. The van der Waals surface area contributed by atoms with Crippen LogP contribution >= 0.6 is 11.6 Å². The minimum absolute atomic E-state index is 0.235. The molecule has 5 heteroatoms. The predicted molar refractivity (Wildman–Crippen MR) is 70.4 cm³/mol. The summed E-state index contributed by atoms with van der Waals surface area (Å²) in [5, 5.41) is 0.692. The Morgan fingerprint density at radius 2 is 2.29 bits per heavy atom. The molecule has 17 heavy (non-hydrogen) atoms. The van der Waals surface area contributed by atoms with E-state index in [2.05, 4.69) is 11.9 Å². The molecule has 0 aliphatic heterocycles. The highest BCUT2D eigenvalue weighted by Crippen LogP contribution is 2.26. The molecule has 1 aromatic carbocycles. The van der Waals surface area contributed by atoms with Crippen LogP contribution in [0.1, 0.15) is 19.4 Å². The molecule has 0 radical (unpaired) electrons. The average molecular weight is 254 g/mol. The van der Waals surface area contributed by atoms with Crippen molar-refractivity contribution in [3.8, 4) is 0 Å². The fourth-order valence-corrected chi connectivity index (χ4v) is 2.13. The second-order valence-electron chi connectivity index (χ2n) is 4.10. The van der Waals surface area contributed by atoms with Gasteiger partial charge in [0.05, 0.1) is 11.0 Å². The van der Waals surface area contributed by atoms with Gasteiger partial charge in [-0.15, -0.1) is 0 Å². The van der Waals surface area contributed by atoms with Gasteiger partial charge in [-0.05, 0) is 31.5 Å². The van der Waals surface area contributed by atoms with Crippen molar-refractivity contribution in [2.45, 2.75) is 19.4 Å². The SMILES string of the molecule is COCCC(C)n1c(N)nc2ccc(Cl)cc21. The summed E-state index contributed by atoms with van der Waals surface area (Å²) in [4.78, 5) is 4.32. The molecule has 2 rings (SSSR count). The first-order chi connectivity index (χ1) is 8.13. The first-order valence-electron chi connectivity index (χ1n) is 5.55. The van der Waals surface area contributed by atoms with Crippen LogP contribution in [0.15, 0.2) is 18.2 Å². The van der Waals surface area contributed by atoms with Crippen molar-refractivity contribution >= 4 is 28.6 Å². The minimum atomic E-state index is 0.235. The molecule has 0 saturated heterocycles. The van der Waals surface area contributed by atoms with Gasteiger partial charge in [0.15, 0.2) is 0 Å². The Morgan fingerprint density at radius 1 is 1.53 bits per heavy atom. The largest absolute Gasteiger partial charge is 0.385 e.